The van der Waals surface area contributed by atoms with Gasteiger partial charge in [-0.3, -0.25) is 0 Å². The molecule has 3 aromatic rings. The molecule has 1 heterocycles. The van der Waals surface area contributed by atoms with Crippen LogP contribution in [0, 0.1) is 20.8 Å². The lowest BCUT2D eigenvalue weighted by atomic mass is 10.1. The molecule has 27 heavy (non-hydrogen) atoms. The number of ether oxygens (including phenoxy) is 1. The molecule has 2 amide bonds. The average Bonchev–Trinajstić information content (AvgIpc) is 3.03. The summed E-state index contributed by atoms with van der Waals surface area (Å²) >= 11 is 0. The van der Waals surface area contributed by atoms with Crippen LogP contribution in [0.3, 0.4) is 0 Å². The summed E-state index contributed by atoms with van der Waals surface area (Å²) in [5.41, 5.74) is 5.80. The number of fused-ring (bicyclic) bond motifs is 1. The predicted molar refractivity (Wildman–Crippen MR) is 110 cm³/mol. The Hall–Kier alpha value is -2.95. The minimum absolute atomic E-state index is 0.171. The highest BCUT2D eigenvalue weighted by Crippen LogP contribution is 2.24. The van der Waals surface area contributed by atoms with Gasteiger partial charge in [-0.15, -0.1) is 0 Å². The highest BCUT2D eigenvalue weighted by atomic mass is 16.5. The van der Waals surface area contributed by atoms with Crippen LogP contribution in [0.5, 0.6) is 5.75 Å². The lowest BCUT2D eigenvalue weighted by molar-refractivity contribution is 0.236. The maximum Gasteiger partial charge on any atom is 0.314 e. The van der Waals surface area contributed by atoms with Gasteiger partial charge in [0.25, 0.3) is 0 Å². The second-order valence-corrected chi connectivity index (χ2v) is 6.87. The van der Waals surface area contributed by atoms with E-state index >= 15 is 0 Å². The van der Waals surface area contributed by atoms with Crippen LogP contribution in [0.25, 0.3) is 10.9 Å². The van der Waals surface area contributed by atoms with Gasteiger partial charge in [-0.2, -0.15) is 0 Å². The van der Waals surface area contributed by atoms with Crippen LogP contribution in [0.1, 0.15) is 22.3 Å². The largest absolute Gasteiger partial charge is 0.491 e. The lowest BCUT2D eigenvalue weighted by Gasteiger charge is -2.13. The quantitative estimate of drug-likeness (QED) is 0.554. The summed E-state index contributed by atoms with van der Waals surface area (Å²) in [6.07, 6.45) is 2.79. The van der Waals surface area contributed by atoms with Crippen LogP contribution in [0.4, 0.5) is 4.79 Å². The van der Waals surface area contributed by atoms with Crippen molar-refractivity contribution < 1.29 is 9.53 Å². The minimum atomic E-state index is -0.171. The van der Waals surface area contributed by atoms with Crippen LogP contribution in [-0.4, -0.2) is 30.7 Å². The Balaban J connectivity index is 1.38. The first-order chi connectivity index (χ1) is 13.0. The van der Waals surface area contributed by atoms with E-state index in [1.54, 1.807) is 0 Å². The number of H-pyrrole nitrogens is 1. The van der Waals surface area contributed by atoms with Gasteiger partial charge >= 0.3 is 6.03 Å². The van der Waals surface area contributed by atoms with Crippen LogP contribution in [-0.2, 0) is 6.42 Å². The number of urea groups is 1. The highest BCUT2D eigenvalue weighted by molar-refractivity contribution is 5.83. The number of nitrogens with one attached hydrogen (secondary N) is 3. The van der Waals surface area contributed by atoms with Gasteiger partial charge < -0.3 is 20.4 Å². The molecule has 3 N–H and O–H groups in total. The Kier molecular flexibility index (Phi) is 6.01. The Labute approximate surface area is 160 Å². The van der Waals surface area contributed by atoms with Crippen molar-refractivity contribution in [3.8, 4) is 5.75 Å². The van der Waals surface area contributed by atoms with Gasteiger partial charge in [0.1, 0.15) is 12.4 Å². The molecule has 0 unspecified atom stereocenters. The molecule has 3 rings (SSSR count). The number of carbonyl (C=O) groups excluding carboxylic acids is 1. The van der Waals surface area contributed by atoms with Crippen molar-refractivity contribution in [3.63, 3.8) is 0 Å². The number of amides is 2. The van der Waals surface area contributed by atoms with E-state index in [9.17, 15) is 4.79 Å². The Bertz CT molecular complexity index is 907. The van der Waals surface area contributed by atoms with Crippen molar-refractivity contribution >= 4 is 16.9 Å². The van der Waals surface area contributed by atoms with E-state index < -0.39 is 0 Å². The number of hydrogen-bond donors (Lipinski definition) is 3. The molecule has 0 atom stereocenters. The van der Waals surface area contributed by atoms with Crippen molar-refractivity contribution in [2.24, 2.45) is 0 Å². The Morgan fingerprint density at radius 1 is 1.04 bits per heavy atom. The molecule has 5 nitrogen and oxygen atoms in total. The second-order valence-electron chi connectivity index (χ2n) is 6.87. The number of aryl methyl sites for hydroxylation is 3. The molecule has 2 aromatic carbocycles. The molecule has 0 radical (unpaired) electrons. The molecule has 1 aromatic heterocycles. The minimum Gasteiger partial charge on any atom is -0.491 e. The molecule has 0 saturated carbocycles. The lowest BCUT2D eigenvalue weighted by Crippen LogP contribution is -2.38. The molecular formula is C22H27N3O2. The monoisotopic (exact) mass is 365 g/mol. The summed E-state index contributed by atoms with van der Waals surface area (Å²) in [4.78, 5) is 15.2. The molecular weight excluding hydrogens is 338 g/mol. The first-order valence-electron chi connectivity index (χ1n) is 9.32. The van der Waals surface area contributed by atoms with Crippen LogP contribution >= 0.6 is 0 Å². The van der Waals surface area contributed by atoms with Crippen molar-refractivity contribution in [2.75, 3.05) is 19.7 Å². The standard InChI is InChI=1S/C22H27N3O2/c1-15-12-16(2)21(17(3)13-15)27-11-10-24-22(26)23-9-8-18-14-25-20-7-5-4-6-19(18)20/h4-7,12-14,25H,8-11H2,1-3H3,(H2,23,24,26). The summed E-state index contributed by atoms with van der Waals surface area (Å²) in [5.74, 6) is 0.905. The number of carbonyl (C=O) groups is 1. The fourth-order valence-electron chi connectivity index (χ4n) is 3.42. The number of rotatable bonds is 7. The third-order valence-electron chi connectivity index (χ3n) is 4.59. The number of para-hydroxylation sites is 1. The fraction of sp³-hybridized carbons (Fsp3) is 0.318. The summed E-state index contributed by atoms with van der Waals surface area (Å²) in [6.45, 7) is 7.66. The smallest absolute Gasteiger partial charge is 0.314 e. The highest BCUT2D eigenvalue weighted by Gasteiger charge is 2.06. The number of hydrogen-bond acceptors (Lipinski definition) is 2. The van der Waals surface area contributed by atoms with Gasteiger partial charge in [0, 0.05) is 23.6 Å². The molecule has 5 heteroatoms. The third-order valence-corrected chi connectivity index (χ3v) is 4.59. The fourth-order valence-corrected chi connectivity index (χ4v) is 3.42. The predicted octanol–water partition coefficient (Wildman–Crippen LogP) is 4.01. The maximum absolute atomic E-state index is 11.9. The average molecular weight is 365 g/mol. The van der Waals surface area contributed by atoms with Gasteiger partial charge in [-0.25, -0.2) is 4.79 Å². The van der Waals surface area contributed by atoms with Crippen LogP contribution in [0.2, 0.25) is 0 Å². The zero-order valence-corrected chi connectivity index (χ0v) is 16.2. The van der Waals surface area contributed by atoms with Crippen molar-refractivity contribution in [3.05, 3.63) is 64.8 Å². The van der Waals surface area contributed by atoms with Crippen LogP contribution in [0.15, 0.2) is 42.6 Å². The SMILES string of the molecule is Cc1cc(C)c(OCCNC(=O)NCCc2c[nH]c3ccccc23)c(C)c1. The van der Waals surface area contributed by atoms with E-state index in [0.717, 1.165) is 28.8 Å². The molecule has 0 fully saturated rings. The molecule has 142 valence electrons. The Morgan fingerprint density at radius 2 is 1.74 bits per heavy atom. The number of aromatic nitrogens is 1. The van der Waals surface area contributed by atoms with Gasteiger partial charge in [-0.05, 0) is 49.9 Å². The van der Waals surface area contributed by atoms with E-state index in [2.05, 4.69) is 46.8 Å². The zero-order valence-electron chi connectivity index (χ0n) is 16.2. The first-order valence-corrected chi connectivity index (χ1v) is 9.32. The normalized spacial score (nSPS) is 10.8. The molecule has 0 aliphatic heterocycles. The van der Waals surface area contributed by atoms with E-state index in [0.29, 0.717) is 19.7 Å². The molecule has 0 bridgehead atoms. The third kappa shape index (κ3) is 4.82. The zero-order chi connectivity index (χ0) is 19.2. The maximum atomic E-state index is 11.9. The van der Waals surface area contributed by atoms with E-state index in [-0.39, 0.29) is 6.03 Å². The number of benzene rings is 2. The van der Waals surface area contributed by atoms with Crippen molar-refractivity contribution in [2.45, 2.75) is 27.2 Å². The van der Waals surface area contributed by atoms with Gasteiger partial charge in [-0.1, -0.05) is 35.9 Å². The van der Waals surface area contributed by atoms with E-state index in [1.807, 2.05) is 32.2 Å². The van der Waals surface area contributed by atoms with Gasteiger partial charge in [0.2, 0.25) is 0 Å². The Morgan fingerprint density at radius 3 is 2.52 bits per heavy atom. The topological polar surface area (TPSA) is 66.2 Å². The molecule has 0 aliphatic rings. The molecule has 0 aliphatic carbocycles. The van der Waals surface area contributed by atoms with E-state index in [1.165, 1.54) is 16.5 Å². The van der Waals surface area contributed by atoms with Crippen molar-refractivity contribution in [1.29, 1.82) is 0 Å². The number of aromatic amines is 1. The molecule has 0 spiro atoms. The summed E-state index contributed by atoms with van der Waals surface area (Å²) in [7, 11) is 0. The van der Waals surface area contributed by atoms with Gasteiger partial charge in [0.15, 0.2) is 0 Å². The summed E-state index contributed by atoms with van der Waals surface area (Å²) in [6, 6.07) is 12.2. The summed E-state index contributed by atoms with van der Waals surface area (Å²) < 4.78 is 5.84. The molecule has 0 saturated heterocycles. The van der Waals surface area contributed by atoms with Crippen LogP contribution < -0.4 is 15.4 Å². The van der Waals surface area contributed by atoms with Crippen molar-refractivity contribution in [1.82, 2.24) is 15.6 Å². The first kappa shape index (κ1) is 18.8. The van der Waals surface area contributed by atoms with E-state index in [4.69, 9.17) is 4.74 Å². The summed E-state index contributed by atoms with van der Waals surface area (Å²) in [5, 5.41) is 6.94. The second kappa shape index (κ2) is 8.62. The van der Waals surface area contributed by atoms with Gasteiger partial charge in [0.05, 0.1) is 6.54 Å².